The number of carbonyl (C=O) groups excluding carboxylic acids is 2. The lowest BCUT2D eigenvalue weighted by Crippen LogP contribution is -2.25. The van der Waals surface area contributed by atoms with Gasteiger partial charge in [-0.05, 0) is 24.3 Å². The molecule has 9 nitrogen and oxygen atoms in total. The summed E-state index contributed by atoms with van der Waals surface area (Å²) in [4.78, 5) is 29.2. The molecule has 0 fully saturated rings. The van der Waals surface area contributed by atoms with Crippen LogP contribution in [0.1, 0.15) is 23.7 Å². The summed E-state index contributed by atoms with van der Waals surface area (Å²) >= 11 is 0. The molecule has 29 heavy (non-hydrogen) atoms. The molecular formula is C20H18N6O3. The fourth-order valence-corrected chi connectivity index (χ4v) is 3.78. The smallest absolute Gasteiger partial charge is 0.245 e. The summed E-state index contributed by atoms with van der Waals surface area (Å²) in [5.41, 5.74) is 2.45. The third-order valence-corrected chi connectivity index (χ3v) is 5.07. The number of hydrogen-bond donors (Lipinski definition) is 2. The van der Waals surface area contributed by atoms with E-state index in [0.29, 0.717) is 17.4 Å². The number of imidazole rings is 1. The highest BCUT2D eigenvalue weighted by Gasteiger charge is 2.35. The first kappa shape index (κ1) is 17.2. The minimum absolute atomic E-state index is 0.101. The summed E-state index contributed by atoms with van der Waals surface area (Å²) < 4.78 is 8.88. The molecule has 1 aliphatic rings. The fourth-order valence-electron chi connectivity index (χ4n) is 3.78. The molecule has 0 bridgehead atoms. The van der Waals surface area contributed by atoms with Crippen LogP contribution in [0.4, 0.5) is 11.6 Å². The molecule has 4 aromatic rings. The van der Waals surface area contributed by atoms with E-state index < -0.39 is 0 Å². The second-order valence-corrected chi connectivity index (χ2v) is 6.96. The van der Waals surface area contributed by atoms with E-state index in [9.17, 15) is 9.59 Å². The maximum atomic E-state index is 12.8. The number of fused-ring (bicyclic) bond motifs is 2. The van der Waals surface area contributed by atoms with Crippen molar-refractivity contribution in [3.63, 3.8) is 0 Å². The first-order valence-corrected chi connectivity index (χ1v) is 9.20. The maximum absolute atomic E-state index is 12.8. The molecule has 1 aliphatic heterocycles. The number of anilines is 2. The fraction of sp³-hybridized carbons (Fsp3) is 0.200. The molecule has 4 heterocycles. The van der Waals surface area contributed by atoms with Crippen molar-refractivity contribution in [2.45, 2.75) is 18.9 Å². The Morgan fingerprint density at radius 2 is 2.17 bits per heavy atom. The van der Waals surface area contributed by atoms with Crippen LogP contribution >= 0.6 is 0 Å². The van der Waals surface area contributed by atoms with Gasteiger partial charge in [0.2, 0.25) is 11.8 Å². The van der Waals surface area contributed by atoms with Gasteiger partial charge in [0.1, 0.15) is 18.1 Å². The monoisotopic (exact) mass is 390 g/mol. The second kappa shape index (κ2) is 6.62. The third-order valence-electron chi connectivity index (χ3n) is 5.07. The van der Waals surface area contributed by atoms with Crippen LogP contribution in [-0.4, -0.2) is 31.1 Å². The van der Waals surface area contributed by atoms with E-state index in [1.165, 1.54) is 0 Å². The Bertz CT molecular complexity index is 1220. The van der Waals surface area contributed by atoms with Crippen LogP contribution in [0.15, 0.2) is 53.4 Å². The molecule has 146 valence electrons. The maximum Gasteiger partial charge on any atom is 0.245 e. The number of para-hydroxylation sites is 2. The van der Waals surface area contributed by atoms with Crippen LogP contribution < -0.4 is 10.6 Å². The zero-order valence-electron chi connectivity index (χ0n) is 15.6. The van der Waals surface area contributed by atoms with E-state index in [4.69, 9.17) is 4.42 Å². The lowest BCUT2D eigenvalue weighted by atomic mass is 9.91. The van der Waals surface area contributed by atoms with Crippen LogP contribution in [0.25, 0.3) is 11.0 Å². The van der Waals surface area contributed by atoms with E-state index >= 15 is 0 Å². The van der Waals surface area contributed by atoms with Gasteiger partial charge in [-0.15, -0.1) is 0 Å². The largest absolute Gasteiger partial charge is 0.469 e. The quantitative estimate of drug-likeness (QED) is 0.557. The molecule has 9 heteroatoms. The number of furan rings is 1. The number of nitrogens with zero attached hydrogens (tertiary/aromatic N) is 4. The van der Waals surface area contributed by atoms with E-state index in [-0.39, 0.29) is 30.7 Å². The van der Waals surface area contributed by atoms with Gasteiger partial charge in [-0.1, -0.05) is 12.1 Å². The Kier molecular flexibility index (Phi) is 3.94. The predicted octanol–water partition coefficient (Wildman–Crippen LogP) is 2.48. The van der Waals surface area contributed by atoms with Crippen molar-refractivity contribution in [3.8, 4) is 0 Å². The minimum atomic E-state index is -0.313. The van der Waals surface area contributed by atoms with E-state index in [1.54, 1.807) is 35.0 Å². The first-order valence-electron chi connectivity index (χ1n) is 9.20. The van der Waals surface area contributed by atoms with E-state index in [1.807, 2.05) is 30.3 Å². The molecule has 0 unspecified atom stereocenters. The van der Waals surface area contributed by atoms with Gasteiger partial charge >= 0.3 is 0 Å². The Labute approximate surface area is 165 Å². The highest BCUT2D eigenvalue weighted by Crippen LogP contribution is 2.41. The average molecular weight is 390 g/mol. The molecule has 0 radical (unpaired) electrons. The Morgan fingerprint density at radius 3 is 3.00 bits per heavy atom. The Morgan fingerprint density at radius 1 is 1.31 bits per heavy atom. The highest BCUT2D eigenvalue weighted by molar-refractivity contribution is 5.98. The van der Waals surface area contributed by atoms with Crippen molar-refractivity contribution in [3.05, 3.63) is 60.3 Å². The predicted molar refractivity (Wildman–Crippen MR) is 105 cm³/mol. The standard InChI is InChI=1S/C20H18N6O3/c1-25-20-18(12(9-16(27)23-20)15-7-4-8-29-15)19(24-25)22-17(28)10-26-11-21-13-5-2-3-6-14(13)26/h2-8,11-12H,9-10H2,1H3,(H,23,27)(H,22,24,28)/t12-/m1/s1. The summed E-state index contributed by atoms with van der Waals surface area (Å²) in [6, 6.07) is 11.2. The molecule has 1 aromatic carbocycles. The number of aromatic nitrogens is 4. The average Bonchev–Trinajstić information content (AvgIpc) is 3.43. The van der Waals surface area contributed by atoms with Crippen LogP contribution in [0, 0.1) is 0 Å². The van der Waals surface area contributed by atoms with Gasteiger partial charge in [0.05, 0.1) is 35.1 Å². The molecule has 5 rings (SSSR count). The van der Waals surface area contributed by atoms with Crippen LogP contribution in [0.2, 0.25) is 0 Å². The van der Waals surface area contributed by atoms with Gasteiger partial charge in [-0.25, -0.2) is 4.98 Å². The van der Waals surface area contributed by atoms with Gasteiger partial charge in [0.25, 0.3) is 0 Å². The molecule has 0 saturated heterocycles. The van der Waals surface area contributed by atoms with Crippen LogP contribution in [0.5, 0.6) is 0 Å². The summed E-state index contributed by atoms with van der Waals surface area (Å²) in [6.45, 7) is 0.101. The van der Waals surface area contributed by atoms with Crippen molar-refractivity contribution in [2.75, 3.05) is 10.6 Å². The summed E-state index contributed by atoms with van der Waals surface area (Å²) in [6.07, 6.45) is 3.44. The summed E-state index contributed by atoms with van der Waals surface area (Å²) in [5.74, 6) is 0.968. The normalized spacial score (nSPS) is 15.9. The van der Waals surface area contributed by atoms with Crippen LogP contribution in [0.3, 0.4) is 0 Å². The summed E-state index contributed by atoms with van der Waals surface area (Å²) in [5, 5.41) is 10.1. The van der Waals surface area contributed by atoms with Crippen molar-refractivity contribution in [1.29, 1.82) is 0 Å². The van der Waals surface area contributed by atoms with Crippen molar-refractivity contribution >= 4 is 34.5 Å². The highest BCUT2D eigenvalue weighted by atomic mass is 16.3. The number of carbonyl (C=O) groups is 2. The van der Waals surface area contributed by atoms with Crippen molar-refractivity contribution in [2.24, 2.45) is 7.05 Å². The molecule has 1 atom stereocenters. The summed E-state index contributed by atoms with van der Waals surface area (Å²) in [7, 11) is 1.72. The number of aryl methyl sites for hydroxylation is 1. The molecule has 0 saturated carbocycles. The molecule has 0 spiro atoms. The number of benzene rings is 1. The van der Waals surface area contributed by atoms with Crippen molar-refractivity contribution < 1.29 is 14.0 Å². The Balaban J connectivity index is 1.45. The minimum Gasteiger partial charge on any atom is -0.469 e. The first-order chi connectivity index (χ1) is 14.1. The molecular weight excluding hydrogens is 372 g/mol. The SMILES string of the molecule is Cn1nc(NC(=O)Cn2cnc3ccccc32)c2c1NC(=O)C[C@@H]2c1ccco1. The number of nitrogens with one attached hydrogen (secondary N) is 2. The van der Waals surface area contributed by atoms with Crippen LogP contribution in [-0.2, 0) is 23.2 Å². The second-order valence-electron chi connectivity index (χ2n) is 6.96. The molecule has 2 N–H and O–H groups in total. The zero-order chi connectivity index (χ0) is 20.0. The zero-order valence-corrected chi connectivity index (χ0v) is 15.6. The Hall–Kier alpha value is -3.88. The van der Waals surface area contributed by atoms with E-state index in [2.05, 4.69) is 20.7 Å². The van der Waals surface area contributed by atoms with Gasteiger partial charge in [0, 0.05) is 13.5 Å². The topological polar surface area (TPSA) is 107 Å². The number of hydrogen-bond acceptors (Lipinski definition) is 5. The lowest BCUT2D eigenvalue weighted by Gasteiger charge is -2.22. The lowest BCUT2D eigenvalue weighted by molar-refractivity contribution is -0.117. The third kappa shape index (κ3) is 2.96. The number of amides is 2. The molecule has 0 aliphatic carbocycles. The molecule has 2 amide bonds. The number of rotatable bonds is 4. The van der Waals surface area contributed by atoms with Gasteiger partial charge in [-0.2, -0.15) is 5.10 Å². The van der Waals surface area contributed by atoms with Gasteiger partial charge in [0.15, 0.2) is 5.82 Å². The molecule has 3 aromatic heterocycles. The van der Waals surface area contributed by atoms with E-state index in [0.717, 1.165) is 16.6 Å². The van der Waals surface area contributed by atoms with Gasteiger partial charge < -0.3 is 19.6 Å². The van der Waals surface area contributed by atoms with Crippen molar-refractivity contribution in [1.82, 2.24) is 19.3 Å². The van der Waals surface area contributed by atoms with Gasteiger partial charge in [-0.3, -0.25) is 14.3 Å².